The zero-order valence-electron chi connectivity index (χ0n) is 13.3. The topological polar surface area (TPSA) is 32.5 Å². The van der Waals surface area contributed by atoms with Gasteiger partial charge in [-0.1, -0.05) is 19.3 Å². The van der Waals surface area contributed by atoms with Crippen molar-refractivity contribution in [3.8, 4) is 0 Å². The molecule has 116 valence electrons. The minimum absolute atomic E-state index is 0.295. The van der Waals surface area contributed by atoms with Crippen LogP contribution in [0.2, 0.25) is 0 Å². The fourth-order valence-electron chi connectivity index (χ4n) is 4.95. The molecule has 2 heterocycles. The number of nitrogens with two attached hydrogens (primary N) is 1. The molecule has 3 heteroatoms. The second kappa shape index (κ2) is 6.33. The smallest absolute Gasteiger partial charge is 0.0355 e. The molecule has 0 aromatic rings. The Morgan fingerprint density at radius 3 is 2.65 bits per heavy atom. The summed E-state index contributed by atoms with van der Waals surface area (Å²) < 4.78 is 0. The van der Waals surface area contributed by atoms with Crippen LogP contribution in [0.25, 0.3) is 0 Å². The van der Waals surface area contributed by atoms with E-state index in [9.17, 15) is 0 Å². The number of likely N-dealkylation sites (N-methyl/N-ethyl adjacent to an activating group) is 1. The highest BCUT2D eigenvalue weighted by Gasteiger charge is 2.43. The highest BCUT2D eigenvalue weighted by Crippen LogP contribution is 2.37. The predicted molar refractivity (Wildman–Crippen MR) is 84.8 cm³/mol. The molecule has 20 heavy (non-hydrogen) atoms. The SMILES string of the molecule is CN(CC1CCCCC1)C1(CN)CCN2CCCC2C1. The van der Waals surface area contributed by atoms with Gasteiger partial charge in [-0.3, -0.25) is 4.90 Å². The number of hydrogen-bond donors (Lipinski definition) is 1. The summed E-state index contributed by atoms with van der Waals surface area (Å²) in [4.78, 5) is 5.38. The van der Waals surface area contributed by atoms with Crippen LogP contribution in [0.15, 0.2) is 0 Å². The lowest BCUT2D eigenvalue weighted by molar-refractivity contribution is 0.0148. The maximum Gasteiger partial charge on any atom is 0.0355 e. The van der Waals surface area contributed by atoms with Crippen LogP contribution in [0.4, 0.5) is 0 Å². The number of hydrogen-bond acceptors (Lipinski definition) is 3. The normalized spacial score (nSPS) is 36.5. The summed E-state index contributed by atoms with van der Waals surface area (Å²) in [5.41, 5.74) is 6.56. The van der Waals surface area contributed by atoms with Gasteiger partial charge in [0.25, 0.3) is 0 Å². The fraction of sp³-hybridized carbons (Fsp3) is 1.00. The van der Waals surface area contributed by atoms with Crippen molar-refractivity contribution in [2.75, 3.05) is 33.2 Å². The molecule has 2 aliphatic heterocycles. The molecular weight excluding hydrogens is 246 g/mol. The Morgan fingerprint density at radius 2 is 1.90 bits per heavy atom. The van der Waals surface area contributed by atoms with E-state index in [1.54, 1.807) is 0 Å². The first kappa shape index (κ1) is 14.8. The van der Waals surface area contributed by atoms with Crippen molar-refractivity contribution in [2.24, 2.45) is 11.7 Å². The van der Waals surface area contributed by atoms with Crippen LogP contribution in [0.1, 0.15) is 57.8 Å². The largest absolute Gasteiger partial charge is 0.329 e. The van der Waals surface area contributed by atoms with Gasteiger partial charge in [0, 0.05) is 31.2 Å². The lowest BCUT2D eigenvalue weighted by Gasteiger charge is -2.50. The minimum atomic E-state index is 0.295. The predicted octanol–water partition coefficient (Wildman–Crippen LogP) is 2.45. The quantitative estimate of drug-likeness (QED) is 0.858. The van der Waals surface area contributed by atoms with Gasteiger partial charge in [0.05, 0.1) is 0 Å². The molecule has 0 aromatic carbocycles. The summed E-state index contributed by atoms with van der Waals surface area (Å²) in [6.07, 6.45) is 12.6. The van der Waals surface area contributed by atoms with Crippen LogP contribution >= 0.6 is 0 Å². The van der Waals surface area contributed by atoms with E-state index >= 15 is 0 Å². The molecule has 0 aromatic heterocycles. The summed E-state index contributed by atoms with van der Waals surface area (Å²) in [6, 6.07) is 0.820. The molecule has 3 fully saturated rings. The van der Waals surface area contributed by atoms with E-state index in [0.29, 0.717) is 5.54 Å². The van der Waals surface area contributed by atoms with E-state index in [1.165, 1.54) is 77.4 Å². The van der Waals surface area contributed by atoms with Crippen molar-refractivity contribution >= 4 is 0 Å². The van der Waals surface area contributed by atoms with E-state index in [2.05, 4.69) is 16.8 Å². The van der Waals surface area contributed by atoms with Crippen molar-refractivity contribution in [1.29, 1.82) is 0 Å². The van der Waals surface area contributed by atoms with Gasteiger partial charge >= 0.3 is 0 Å². The zero-order valence-corrected chi connectivity index (χ0v) is 13.3. The Morgan fingerprint density at radius 1 is 1.10 bits per heavy atom. The Balaban J connectivity index is 1.62. The molecule has 2 unspecified atom stereocenters. The molecule has 3 rings (SSSR count). The Hall–Kier alpha value is -0.120. The second-order valence-corrected chi connectivity index (χ2v) is 7.60. The third kappa shape index (κ3) is 2.90. The van der Waals surface area contributed by atoms with Crippen molar-refractivity contribution in [3.05, 3.63) is 0 Å². The van der Waals surface area contributed by atoms with E-state index in [-0.39, 0.29) is 0 Å². The van der Waals surface area contributed by atoms with Gasteiger partial charge in [0.2, 0.25) is 0 Å². The van der Waals surface area contributed by atoms with E-state index in [1.807, 2.05) is 0 Å². The van der Waals surface area contributed by atoms with Crippen molar-refractivity contribution < 1.29 is 0 Å². The maximum absolute atomic E-state index is 6.27. The van der Waals surface area contributed by atoms with Gasteiger partial charge in [0.1, 0.15) is 0 Å². The van der Waals surface area contributed by atoms with Crippen LogP contribution in [-0.2, 0) is 0 Å². The molecule has 2 saturated heterocycles. The van der Waals surface area contributed by atoms with Crippen LogP contribution in [-0.4, -0.2) is 54.6 Å². The van der Waals surface area contributed by atoms with Crippen LogP contribution in [0.5, 0.6) is 0 Å². The van der Waals surface area contributed by atoms with E-state index in [0.717, 1.165) is 18.5 Å². The highest BCUT2D eigenvalue weighted by atomic mass is 15.3. The average molecular weight is 279 g/mol. The molecule has 0 radical (unpaired) electrons. The third-order valence-corrected chi connectivity index (χ3v) is 6.43. The van der Waals surface area contributed by atoms with Crippen molar-refractivity contribution in [3.63, 3.8) is 0 Å². The number of piperidine rings is 1. The first-order valence-electron chi connectivity index (χ1n) is 8.89. The molecule has 1 aliphatic carbocycles. The molecule has 0 amide bonds. The molecule has 1 saturated carbocycles. The zero-order chi connectivity index (χ0) is 14.0. The first-order valence-corrected chi connectivity index (χ1v) is 8.89. The lowest BCUT2D eigenvalue weighted by atomic mass is 9.80. The van der Waals surface area contributed by atoms with Crippen molar-refractivity contribution in [2.45, 2.75) is 69.4 Å². The van der Waals surface area contributed by atoms with Gasteiger partial charge < -0.3 is 10.6 Å². The first-order chi connectivity index (χ1) is 9.73. The molecule has 2 atom stereocenters. The van der Waals surface area contributed by atoms with Crippen molar-refractivity contribution in [1.82, 2.24) is 9.80 Å². The van der Waals surface area contributed by atoms with Gasteiger partial charge in [-0.05, 0) is 58.0 Å². The maximum atomic E-state index is 6.27. The molecule has 0 bridgehead atoms. The number of rotatable bonds is 4. The summed E-state index contributed by atoms with van der Waals surface area (Å²) in [7, 11) is 2.35. The second-order valence-electron chi connectivity index (χ2n) is 7.60. The molecule has 3 nitrogen and oxygen atoms in total. The molecular formula is C17H33N3. The molecule has 0 spiro atoms. The average Bonchev–Trinajstić information content (AvgIpc) is 2.95. The van der Waals surface area contributed by atoms with Gasteiger partial charge in [-0.2, -0.15) is 0 Å². The Kier molecular flexibility index (Phi) is 4.68. The lowest BCUT2D eigenvalue weighted by Crippen LogP contribution is -2.60. The summed E-state index contributed by atoms with van der Waals surface area (Å²) in [6.45, 7) is 4.74. The van der Waals surface area contributed by atoms with E-state index in [4.69, 9.17) is 5.73 Å². The monoisotopic (exact) mass is 279 g/mol. The van der Waals surface area contributed by atoms with Crippen LogP contribution in [0.3, 0.4) is 0 Å². The minimum Gasteiger partial charge on any atom is -0.329 e. The standard InChI is InChI=1S/C17H33N3/c1-19(13-15-6-3-2-4-7-15)17(14-18)9-11-20-10-5-8-16(20)12-17/h15-16H,2-14,18H2,1H3. The molecule has 3 aliphatic rings. The summed E-state index contributed by atoms with van der Waals surface area (Å²) >= 11 is 0. The number of nitrogens with zero attached hydrogens (tertiary/aromatic N) is 2. The Labute approximate surface area is 124 Å². The van der Waals surface area contributed by atoms with Gasteiger partial charge in [0.15, 0.2) is 0 Å². The third-order valence-electron chi connectivity index (χ3n) is 6.43. The summed E-state index contributed by atoms with van der Waals surface area (Å²) in [5, 5.41) is 0. The summed E-state index contributed by atoms with van der Waals surface area (Å²) in [5.74, 6) is 0.929. The van der Waals surface area contributed by atoms with E-state index < -0.39 is 0 Å². The Bertz CT molecular complexity index is 313. The van der Waals surface area contributed by atoms with Crippen LogP contribution < -0.4 is 5.73 Å². The highest BCUT2D eigenvalue weighted by molar-refractivity contribution is 5.01. The van der Waals surface area contributed by atoms with Gasteiger partial charge in [-0.15, -0.1) is 0 Å². The van der Waals surface area contributed by atoms with Gasteiger partial charge in [-0.25, -0.2) is 0 Å². The number of fused-ring (bicyclic) bond motifs is 1. The van der Waals surface area contributed by atoms with Crippen LogP contribution in [0, 0.1) is 5.92 Å². The molecule has 2 N–H and O–H groups in total. The fourth-order valence-corrected chi connectivity index (χ4v) is 4.95.